The fraction of sp³-hybridized carbons (Fsp3) is 0.385. The first-order chi connectivity index (χ1) is 9.65. The minimum absolute atomic E-state index is 0.279. The van der Waals surface area contributed by atoms with Crippen LogP contribution in [0, 0.1) is 0 Å². The Labute approximate surface area is 117 Å². The predicted octanol–water partition coefficient (Wildman–Crippen LogP) is 1.79. The third-order valence-corrected chi connectivity index (χ3v) is 2.37. The molecule has 0 spiro atoms. The van der Waals surface area contributed by atoms with Crippen LogP contribution in [0.5, 0.6) is 17.2 Å². The van der Waals surface area contributed by atoms with Crippen molar-refractivity contribution in [3.05, 3.63) is 17.7 Å². The van der Waals surface area contributed by atoms with E-state index < -0.39 is 6.09 Å². The maximum Gasteiger partial charge on any atom is 0.427 e. The van der Waals surface area contributed by atoms with Gasteiger partial charge in [0, 0.05) is 11.6 Å². The molecule has 7 heteroatoms. The van der Waals surface area contributed by atoms with Crippen molar-refractivity contribution in [1.82, 2.24) is 5.43 Å². The van der Waals surface area contributed by atoms with Gasteiger partial charge in [0.1, 0.15) is 5.75 Å². The van der Waals surface area contributed by atoms with Crippen molar-refractivity contribution in [3.8, 4) is 17.2 Å². The molecule has 0 aliphatic rings. The third-order valence-electron chi connectivity index (χ3n) is 2.37. The molecule has 0 radical (unpaired) electrons. The van der Waals surface area contributed by atoms with E-state index in [0.717, 1.165) is 0 Å². The number of amides is 1. The van der Waals surface area contributed by atoms with Gasteiger partial charge in [0.15, 0.2) is 11.5 Å². The van der Waals surface area contributed by atoms with E-state index in [0.29, 0.717) is 22.8 Å². The molecule has 0 atom stereocenters. The Hall–Kier alpha value is -2.44. The Morgan fingerprint density at radius 1 is 1.15 bits per heavy atom. The maximum atomic E-state index is 11.1. The molecule has 0 aliphatic carbocycles. The number of rotatable bonds is 6. The van der Waals surface area contributed by atoms with Gasteiger partial charge in [-0.1, -0.05) is 0 Å². The fourth-order valence-corrected chi connectivity index (χ4v) is 1.47. The number of benzene rings is 1. The highest BCUT2D eigenvalue weighted by molar-refractivity contribution is 5.85. The zero-order valence-electron chi connectivity index (χ0n) is 11.9. The molecule has 0 bridgehead atoms. The minimum atomic E-state index is -0.622. The molecule has 110 valence electrons. The van der Waals surface area contributed by atoms with Gasteiger partial charge in [-0.2, -0.15) is 5.10 Å². The summed E-state index contributed by atoms with van der Waals surface area (Å²) in [5, 5.41) is 3.77. The molecule has 0 saturated carbocycles. The van der Waals surface area contributed by atoms with E-state index in [4.69, 9.17) is 14.2 Å². The van der Waals surface area contributed by atoms with E-state index in [1.54, 1.807) is 19.1 Å². The quantitative estimate of drug-likeness (QED) is 0.635. The maximum absolute atomic E-state index is 11.1. The Balaban J connectivity index is 2.93. The fourth-order valence-electron chi connectivity index (χ4n) is 1.47. The molecule has 1 N–H and O–H groups in total. The zero-order chi connectivity index (χ0) is 15.0. The second-order valence-electron chi connectivity index (χ2n) is 3.54. The van der Waals surface area contributed by atoms with Crippen LogP contribution in [0.4, 0.5) is 4.79 Å². The summed E-state index contributed by atoms with van der Waals surface area (Å²) in [5.41, 5.74) is 2.86. The molecule has 20 heavy (non-hydrogen) atoms. The van der Waals surface area contributed by atoms with E-state index >= 15 is 0 Å². The van der Waals surface area contributed by atoms with Crippen molar-refractivity contribution >= 4 is 12.3 Å². The SMILES string of the molecule is CCOC(=O)NN=Cc1cc(OC)c(OC)cc1OC. The van der Waals surface area contributed by atoms with Gasteiger partial charge in [0.25, 0.3) is 0 Å². The molecule has 7 nitrogen and oxygen atoms in total. The Kier molecular flexibility index (Phi) is 6.15. The van der Waals surface area contributed by atoms with Crippen LogP contribution in [0.15, 0.2) is 17.2 Å². The van der Waals surface area contributed by atoms with Crippen LogP contribution in [0.1, 0.15) is 12.5 Å². The molecule has 1 rings (SSSR count). The summed E-state index contributed by atoms with van der Waals surface area (Å²) in [6.45, 7) is 1.99. The number of hydrogen-bond acceptors (Lipinski definition) is 6. The van der Waals surface area contributed by atoms with E-state index in [-0.39, 0.29) is 6.61 Å². The summed E-state index contributed by atoms with van der Waals surface area (Å²) in [7, 11) is 4.59. The molecule has 0 aliphatic heterocycles. The molecule has 1 aromatic rings. The van der Waals surface area contributed by atoms with Crippen LogP contribution < -0.4 is 19.6 Å². The van der Waals surface area contributed by atoms with Crippen LogP contribution in [0.3, 0.4) is 0 Å². The molecule has 0 heterocycles. The van der Waals surface area contributed by atoms with Crippen LogP contribution in [-0.2, 0) is 4.74 Å². The summed E-state index contributed by atoms with van der Waals surface area (Å²) >= 11 is 0. The van der Waals surface area contributed by atoms with E-state index in [1.807, 2.05) is 0 Å². The van der Waals surface area contributed by atoms with Gasteiger partial charge in [0.2, 0.25) is 0 Å². The average molecular weight is 282 g/mol. The number of methoxy groups -OCH3 is 3. The lowest BCUT2D eigenvalue weighted by atomic mass is 10.2. The number of carbonyl (C=O) groups excluding carboxylic acids is 1. The first kappa shape index (κ1) is 15.6. The van der Waals surface area contributed by atoms with Gasteiger partial charge in [-0.05, 0) is 13.0 Å². The Morgan fingerprint density at radius 3 is 2.30 bits per heavy atom. The largest absolute Gasteiger partial charge is 0.496 e. The Morgan fingerprint density at radius 2 is 1.75 bits per heavy atom. The summed E-state index contributed by atoms with van der Waals surface area (Å²) in [5.74, 6) is 1.61. The zero-order valence-corrected chi connectivity index (χ0v) is 11.9. The smallest absolute Gasteiger partial charge is 0.427 e. The number of ether oxygens (including phenoxy) is 4. The van der Waals surface area contributed by atoms with Gasteiger partial charge in [0.05, 0.1) is 34.2 Å². The monoisotopic (exact) mass is 282 g/mol. The highest BCUT2D eigenvalue weighted by Crippen LogP contribution is 2.33. The summed E-state index contributed by atoms with van der Waals surface area (Å²) in [4.78, 5) is 11.1. The summed E-state index contributed by atoms with van der Waals surface area (Å²) in [6, 6.07) is 3.36. The summed E-state index contributed by atoms with van der Waals surface area (Å²) in [6.07, 6.45) is 0.806. The molecule has 0 fully saturated rings. The predicted molar refractivity (Wildman–Crippen MR) is 73.8 cm³/mol. The van der Waals surface area contributed by atoms with E-state index in [2.05, 4.69) is 15.3 Å². The standard InChI is InChI=1S/C13H18N2O5/c1-5-20-13(16)15-14-8-9-6-11(18-3)12(19-4)7-10(9)17-2/h6-8H,5H2,1-4H3,(H,15,16). The van der Waals surface area contributed by atoms with Gasteiger partial charge in [-0.25, -0.2) is 10.2 Å². The first-order valence-electron chi connectivity index (χ1n) is 5.92. The molecule has 0 aromatic heterocycles. The highest BCUT2D eigenvalue weighted by atomic mass is 16.5. The van der Waals surface area contributed by atoms with Crippen molar-refractivity contribution in [2.75, 3.05) is 27.9 Å². The van der Waals surface area contributed by atoms with Gasteiger partial charge >= 0.3 is 6.09 Å². The lowest BCUT2D eigenvalue weighted by Crippen LogP contribution is -2.18. The molecule has 1 aromatic carbocycles. The highest BCUT2D eigenvalue weighted by Gasteiger charge is 2.10. The van der Waals surface area contributed by atoms with Crippen LogP contribution >= 0.6 is 0 Å². The minimum Gasteiger partial charge on any atom is -0.496 e. The number of nitrogens with zero attached hydrogens (tertiary/aromatic N) is 1. The third kappa shape index (κ3) is 4.04. The van der Waals surface area contributed by atoms with Crippen LogP contribution in [0.2, 0.25) is 0 Å². The second kappa shape index (κ2) is 7.88. The molecule has 0 unspecified atom stereocenters. The lowest BCUT2D eigenvalue weighted by molar-refractivity contribution is 0.152. The van der Waals surface area contributed by atoms with Gasteiger partial charge in [-0.15, -0.1) is 0 Å². The number of hydrazone groups is 1. The Bertz CT molecular complexity index is 488. The van der Waals surface area contributed by atoms with Gasteiger partial charge in [-0.3, -0.25) is 0 Å². The van der Waals surface area contributed by atoms with Crippen molar-refractivity contribution < 1.29 is 23.7 Å². The van der Waals surface area contributed by atoms with Crippen molar-refractivity contribution in [2.24, 2.45) is 5.10 Å². The molecule has 0 saturated heterocycles. The van der Waals surface area contributed by atoms with Crippen LogP contribution in [0.25, 0.3) is 0 Å². The van der Waals surface area contributed by atoms with Gasteiger partial charge < -0.3 is 18.9 Å². The van der Waals surface area contributed by atoms with Crippen molar-refractivity contribution in [2.45, 2.75) is 6.92 Å². The second-order valence-corrected chi connectivity index (χ2v) is 3.54. The number of hydrogen-bond donors (Lipinski definition) is 1. The van der Waals surface area contributed by atoms with E-state index in [1.165, 1.54) is 27.5 Å². The van der Waals surface area contributed by atoms with Crippen molar-refractivity contribution in [1.29, 1.82) is 0 Å². The first-order valence-corrected chi connectivity index (χ1v) is 5.92. The average Bonchev–Trinajstić information content (AvgIpc) is 2.46. The number of nitrogens with one attached hydrogen (secondary N) is 1. The molecular formula is C13H18N2O5. The van der Waals surface area contributed by atoms with Crippen LogP contribution in [-0.4, -0.2) is 40.2 Å². The molecular weight excluding hydrogens is 264 g/mol. The van der Waals surface area contributed by atoms with E-state index in [9.17, 15) is 4.79 Å². The number of carbonyl (C=O) groups is 1. The topological polar surface area (TPSA) is 78.4 Å². The normalized spacial score (nSPS) is 10.2. The molecule has 1 amide bonds. The van der Waals surface area contributed by atoms with Crippen molar-refractivity contribution in [3.63, 3.8) is 0 Å². The summed E-state index contributed by atoms with van der Waals surface area (Å²) < 4.78 is 20.3. The lowest BCUT2D eigenvalue weighted by Gasteiger charge is -2.11.